The second-order valence-electron chi connectivity index (χ2n) is 11.4. The third kappa shape index (κ3) is 2.98. The topological polar surface area (TPSA) is 71.9 Å². The van der Waals surface area contributed by atoms with Gasteiger partial charge in [0.05, 0.1) is 0 Å². The summed E-state index contributed by atoms with van der Waals surface area (Å²) in [6.07, 6.45) is 13.0. The molecule has 5 heteroatoms. The molecule has 1 N–H and O–H groups in total. The zero-order valence-electron chi connectivity index (χ0n) is 19.4. The Kier molecular flexibility index (Phi) is 4.76. The molecule has 1 heterocycles. The number of aryl methyl sites for hydroxylation is 1. The predicted octanol–water partition coefficient (Wildman–Crippen LogP) is 4.55. The number of nitrogens with zero attached hydrogens (tertiary/aromatic N) is 1. The van der Waals surface area contributed by atoms with Crippen LogP contribution in [0.1, 0.15) is 83.7 Å². The number of hydrogen-bond donors (Lipinski definition) is 1. The molecule has 1 aromatic heterocycles. The number of aromatic nitrogens is 2. The van der Waals surface area contributed by atoms with Gasteiger partial charge in [0.1, 0.15) is 5.78 Å². The van der Waals surface area contributed by atoms with Crippen LogP contribution in [-0.2, 0) is 4.79 Å². The molecule has 0 aliphatic heterocycles. The number of carbonyl (C=O) groups excluding carboxylic acids is 1. The number of ketones is 1. The van der Waals surface area contributed by atoms with E-state index in [0.29, 0.717) is 29.1 Å². The second kappa shape index (κ2) is 7.05. The van der Waals surface area contributed by atoms with Crippen LogP contribution in [0, 0.1) is 41.4 Å². The summed E-state index contributed by atoms with van der Waals surface area (Å²) in [5, 5.41) is 0. The summed E-state index contributed by atoms with van der Waals surface area (Å²) in [5.74, 6) is 2.68. The summed E-state index contributed by atoms with van der Waals surface area (Å²) in [7, 11) is 0. The molecule has 7 atom stereocenters. The van der Waals surface area contributed by atoms with Crippen LogP contribution in [0.4, 0.5) is 0 Å². The van der Waals surface area contributed by atoms with Gasteiger partial charge in [-0.05, 0) is 93.8 Å². The Hall–Kier alpha value is -1.91. The fraction of sp³-hybridized carbons (Fsp3) is 0.731. The largest absolute Gasteiger partial charge is 0.328 e. The summed E-state index contributed by atoms with van der Waals surface area (Å²) in [5.41, 5.74) is 1.94. The van der Waals surface area contributed by atoms with E-state index in [1.54, 1.807) is 24.6 Å². The van der Waals surface area contributed by atoms with Crippen LogP contribution in [0.2, 0.25) is 0 Å². The van der Waals surface area contributed by atoms with E-state index in [0.717, 1.165) is 32.1 Å². The highest BCUT2D eigenvalue weighted by Gasteiger charge is 2.59. The van der Waals surface area contributed by atoms with Gasteiger partial charge in [0.25, 0.3) is 5.56 Å². The van der Waals surface area contributed by atoms with Gasteiger partial charge in [0, 0.05) is 23.7 Å². The Morgan fingerprint density at radius 3 is 2.61 bits per heavy atom. The molecule has 7 unspecified atom stereocenters. The van der Waals surface area contributed by atoms with Gasteiger partial charge >= 0.3 is 5.69 Å². The van der Waals surface area contributed by atoms with E-state index in [1.807, 2.05) is 0 Å². The number of Topliss-reactive ketones (excluding diaryl/α,β-unsaturated/α-hetero) is 1. The highest BCUT2D eigenvalue weighted by Crippen LogP contribution is 2.66. The molecular weight excluding hydrogens is 388 g/mol. The van der Waals surface area contributed by atoms with Crippen LogP contribution in [0.25, 0.3) is 0 Å². The first-order valence-corrected chi connectivity index (χ1v) is 12.2. The van der Waals surface area contributed by atoms with Crippen LogP contribution in [-0.4, -0.2) is 15.3 Å². The zero-order valence-corrected chi connectivity index (χ0v) is 19.4. The SMILES string of the molecule is CC(=O)C1CCC2C3CC=C4CC(n5cc(C)c(=O)[nH]c5=O)CCC4(C)C3CCC12C. The van der Waals surface area contributed by atoms with E-state index >= 15 is 0 Å². The Bertz CT molecular complexity index is 1070. The number of fused-ring (bicyclic) bond motifs is 5. The van der Waals surface area contributed by atoms with Crippen molar-refractivity contribution in [3.05, 3.63) is 44.2 Å². The summed E-state index contributed by atoms with van der Waals surface area (Å²) in [4.78, 5) is 39.1. The van der Waals surface area contributed by atoms with Gasteiger partial charge in [-0.3, -0.25) is 19.1 Å². The number of H-pyrrole nitrogens is 1. The lowest BCUT2D eigenvalue weighted by Gasteiger charge is -2.58. The molecule has 5 nitrogen and oxygen atoms in total. The van der Waals surface area contributed by atoms with Crippen molar-refractivity contribution >= 4 is 5.78 Å². The van der Waals surface area contributed by atoms with Crippen LogP contribution < -0.4 is 11.2 Å². The molecule has 0 aromatic carbocycles. The minimum absolute atomic E-state index is 0.126. The fourth-order valence-electron chi connectivity index (χ4n) is 8.40. The van der Waals surface area contributed by atoms with Gasteiger partial charge in [-0.1, -0.05) is 25.5 Å². The maximum Gasteiger partial charge on any atom is 0.328 e. The summed E-state index contributed by atoms with van der Waals surface area (Å²) < 4.78 is 1.76. The molecule has 1 aromatic rings. The first kappa shape index (κ1) is 21.0. The fourth-order valence-corrected chi connectivity index (χ4v) is 8.40. The molecule has 168 valence electrons. The normalized spacial score (nSPS) is 41.7. The molecule has 3 fully saturated rings. The van der Waals surface area contributed by atoms with Crippen molar-refractivity contribution in [2.75, 3.05) is 0 Å². The lowest BCUT2D eigenvalue weighted by atomic mass is 9.47. The lowest BCUT2D eigenvalue weighted by Crippen LogP contribution is -2.51. The maximum atomic E-state index is 12.5. The Morgan fingerprint density at radius 2 is 1.87 bits per heavy atom. The summed E-state index contributed by atoms with van der Waals surface area (Å²) >= 11 is 0. The molecule has 0 spiro atoms. The molecule has 0 bridgehead atoms. The third-order valence-electron chi connectivity index (χ3n) is 10.1. The van der Waals surface area contributed by atoms with Crippen molar-refractivity contribution in [1.29, 1.82) is 0 Å². The monoisotopic (exact) mass is 424 g/mol. The minimum atomic E-state index is -0.285. The van der Waals surface area contributed by atoms with Crippen molar-refractivity contribution in [1.82, 2.24) is 9.55 Å². The average molecular weight is 425 g/mol. The number of nitrogens with one attached hydrogen (secondary N) is 1. The number of carbonyl (C=O) groups is 1. The van der Waals surface area contributed by atoms with Crippen molar-refractivity contribution in [3.8, 4) is 0 Å². The quantitative estimate of drug-likeness (QED) is 0.708. The van der Waals surface area contributed by atoms with Gasteiger partial charge in [-0.25, -0.2) is 4.79 Å². The van der Waals surface area contributed by atoms with Crippen molar-refractivity contribution in [3.63, 3.8) is 0 Å². The molecule has 31 heavy (non-hydrogen) atoms. The maximum absolute atomic E-state index is 12.5. The van der Waals surface area contributed by atoms with E-state index in [4.69, 9.17) is 0 Å². The van der Waals surface area contributed by atoms with Crippen LogP contribution in [0.15, 0.2) is 27.4 Å². The summed E-state index contributed by atoms with van der Waals surface area (Å²) in [6, 6.07) is 0.126. The smallest absolute Gasteiger partial charge is 0.300 e. The number of hydrogen-bond acceptors (Lipinski definition) is 3. The standard InChI is InChI=1S/C26H36N2O3/c1-15-14-28(24(31)27-23(15)30)18-9-11-25(3)17(13-18)5-6-19-21-8-7-20(16(2)29)26(21,4)12-10-22(19)25/h5,14,18-22H,6-13H2,1-4H3,(H,27,30,31). The van der Waals surface area contributed by atoms with Gasteiger partial charge in [-0.2, -0.15) is 0 Å². The van der Waals surface area contributed by atoms with Crippen molar-refractivity contribution in [2.45, 2.75) is 85.1 Å². The van der Waals surface area contributed by atoms with Crippen LogP contribution in [0.3, 0.4) is 0 Å². The van der Waals surface area contributed by atoms with Crippen LogP contribution >= 0.6 is 0 Å². The van der Waals surface area contributed by atoms with E-state index < -0.39 is 0 Å². The molecule has 4 aliphatic rings. The van der Waals surface area contributed by atoms with E-state index in [2.05, 4.69) is 24.9 Å². The van der Waals surface area contributed by atoms with Gasteiger partial charge < -0.3 is 0 Å². The van der Waals surface area contributed by atoms with E-state index in [1.165, 1.54) is 24.8 Å². The number of aromatic amines is 1. The Balaban J connectivity index is 1.43. The van der Waals surface area contributed by atoms with Crippen molar-refractivity contribution < 1.29 is 4.79 Å². The van der Waals surface area contributed by atoms with Gasteiger partial charge in [0.2, 0.25) is 0 Å². The highest BCUT2D eigenvalue weighted by molar-refractivity contribution is 5.79. The molecule has 0 amide bonds. The second-order valence-corrected chi connectivity index (χ2v) is 11.4. The van der Waals surface area contributed by atoms with Gasteiger partial charge in [-0.15, -0.1) is 0 Å². The first-order chi connectivity index (χ1) is 14.6. The minimum Gasteiger partial charge on any atom is -0.300 e. The van der Waals surface area contributed by atoms with Crippen molar-refractivity contribution in [2.24, 2.45) is 34.5 Å². The van der Waals surface area contributed by atoms with E-state index in [9.17, 15) is 14.4 Å². The molecule has 3 saturated carbocycles. The third-order valence-corrected chi connectivity index (χ3v) is 10.1. The average Bonchev–Trinajstić information content (AvgIpc) is 3.08. The Morgan fingerprint density at radius 1 is 1.10 bits per heavy atom. The predicted molar refractivity (Wildman–Crippen MR) is 121 cm³/mol. The zero-order chi connectivity index (χ0) is 22.1. The van der Waals surface area contributed by atoms with E-state index in [-0.39, 0.29) is 34.0 Å². The molecule has 0 saturated heterocycles. The molecule has 0 radical (unpaired) electrons. The summed E-state index contributed by atoms with van der Waals surface area (Å²) in [6.45, 7) is 8.43. The molecule has 5 rings (SSSR count). The molecular formula is C26H36N2O3. The molecule has 4 aliphatic carbocycles. The van der Waals surface area contributed by atoms with Gasteiger partial charge in [0.15, 0.2) is 0 Å². The number of allylic oxidation sites excluding steroid dienone is 2. The van der Waals surface area contributed by atoms with Crippen LogP contribution in [0.5, 0.6) is 0 Å². The Labute approximate surface area is 184 Å². The first-order valence-electron chi connectivity index (χ1n) is 12.2. The number of rotatable bonds is 2. The highest BCUT2D eigenvalue weighted by atomic mass is 16.2. The lowest BCUT2D eigenvalue weighted by molar-refractivity contribution is -0.127.